The molecule has 1 heterocycles. The standard InChI is InChI=1S/C16H19N3O5/c1-23-13-6-5-11(8-14(13)24-2)16(22)18-12-9-17-19(10-12)7-3-4-15(20)21/h5-6,8-10H,3-4,7H2,1-2H3,(H,18,22)(H,20,21)/p-1. The van der Waals surface area contributed by atoms with Gasteiger partial charge in [-0.2, -0.15) is 5.10 Å². The molecule has 0 atom stereocenters. The summed E-state index contributed by atoms with van der Waals surface area (Å²) in [7, 11) is 3.02. The van der Waals surface area contributed by atoms with Crippen LogP contribution in [0.3, 0.4) is 0 Å². The molecule has 1 aromatic heterocycles. The second kappa shape index (κ2) is 8.00. The van der Waals surface area contributed by atoms with Crippen LogP contribution in [0.1, 0.15) is 23.2 Å². The number of amides is 1. The van der Waals surface area contributed by atoms with Gasteiger partial charge in [0.1, 0.15) is 0 Å². The Hall–Kier alpha value is -3.03. The van der Waals surface area contributed by atoms with E-state index < -0.39 is 5.97 Å². The van der Waals surface area contributed by atoms with Gasteiger partial charge < -0.3 is 24.7 Å². The number of rotatable bonds is 8. The van der Waals surface area contributed by atoms with Gasteiger partial charge in [0.2, 0.25) is 0 Å². The number of carboxylic acid groups (broad SMARTS) is 1. The number of carboxylic acids is 1. The molecule has 1 N–H and O–H groups in total. The van der Waals surface area contributed by atoms with Gasteiger partial charge in [-0.3, -0.25) is 9.48 Å². The molecule has 0 spiro atoms. The Morgan fingerprint density at radius 1 is 1.25 bits per heavy atom. The second-order valence-corrected chi connectivity index (χ2v) is 4.99. The number of methoxy groups -OCH3 is 2. The molecule has 1 aromatic carbocycles. The van der Waals surface area contributed by atoms with Crippen molar-refractivity contribution in [1.29, 1.82) is 0 Å². The smallest absolute Gasteiger partial charge is 0.255 e. The van der Waals surface area contributed by atoms with Gasteiger partial charge in [-0.05, 0) is 31.0 Å². The Morgan fingerprint density at radius 2 is 2.00 bits per heavy atom. The van der Waals surface area contributed by atoms with Gasteiger partial charge in [-0.1, -0.05) is 0 Å². The predicted octanol–water partition coefficient (Wildman–Crippen LogP) is 0.683. The maximum absolute atomic E-state index is 12.3. The highest BCUT2D eigenvalue weighted by Crippen LogP contribution is 2.27. The zero-order valence-corrected chi connectivity index (χ0v) is 13.4. The fraction of sp³-hybridized carbons (Fsp3) is 0.312. The molecule has 8 heteroatoms. The molecule has 1 amide bonds. The van der Waals surface area contributed by atoms with Crippen molar-refractivity contribution in [2.24, 2.45) is 0 Å². The van der Waals surface area contributed by atoms with Crippen LogP contribution in [0.2, 0.25) is 0 Å². The van der Waals surface area contributed by atoms with E-state index in [1.807, 2.05) is 0 Å². The Kier molecular flexibility index (Phi) is 5.78. The number of nitrogens with zero attached hydrogens (tertiary/aromatic N) is 2. The highest BCUT2D eigenvalue weighted by Gasteiger charge is 2.11. The van der Waals surface area contributed by atoms with E-state index in [2.05, 4.69) is 10.4 Å². The van der Waals surface area contributed by atoms with E-state index in [1.165, 1.54) is 20.4 Å². The average Bonchev–Trinajstić information content (AvgIpc) is 3.01. The molecular formula is C16H18N3O5-. The maximum atomic E-state index is 12.3. The summed E-state index contributed by atoms with van der Waals surface area (Å²) in [5.74, 6) is -0.410. The molecule has 0 radical (unpaired) electrons. The molecule has 24 heavy (non-hydrogen) atoms. The summed E-state index contributed by atoms with van der Waals surface area (Å²) in [6.45, 7) is 0.431. The molecule has 0 fully saturated rings. The number of aryl methyl sites for hydroxylation is 1. The minimum Gasteiger partial charge on any atom is -0.550 e. The molecule has 2 rings (SSSR count). The molecule has 0 saturated carbocycles. The molecule has 0 aliphatic rings. The third-order valence-corrected chi connectivity index (χ3v) is 3.30. The van der Waals surface area contributed by atoms with Crippen molar-refractivity contribution < 1.29 is 24.2 Å². The van der Waals surface area contributed by atoms with Gasteiger partial charge in [-0.25, -0.2) is 0 Å². The number of carbonyl (C=O) groups is 2. The van der Waals surface area contributed by atoms with E-state index in [9.17, 15) is 14.7 Å². The average molecular weight is 332 g/mol. The third-order valence-electron chi connectivity index (χ3n) is 3.30. The molecule has 0 saturated heterocycles. The van der Waals surface area contributed by atoms with Gasteiger partial charge >= 0.3 is 0 Å². The summed E-state index contributed by atoms with van der Waals surface area (Å²) >= 11 is 0. The number of carbonyl (C=O) groups excluding carboxylic acids is 2. The van der Waals surface area contributed by atoms with Crippen LogP contribution in [0.15, 0.2) is 30.6 Å². The lowest BCUT2D eigenvalue weighted by Gasteiger charge is -2.09. The van der Waals surface area contributed by atoms with Crippen LogP contribution in [-0.4, -0.2) is 35.9 Å². The Bertz CT molecular complexity index is 726. The number of ether oxygens (including phenoxy) is 2. The van der Waals surface area contributed by atoms with Crippen molar-refractivity contribution >= 4 is 17.6 Å². The van der Waals surface area contributed by atoms with E-state index in [-0.39, 0.29) is 12.3 Å². The highest BCUT2D eigenvalue weighted by molar-refractivity contribution is 6.04. The topological polar surface area (TPSA) is 106 Å². The van der Waals surface area contributed by atoms with Crippen molar-refractivity contribution in [3.63, 3.8) is 0 Å². The monoisotopic (exact) mass is 332 g/mol. The molecule has 0 unspecified atom stereocenters. The normalized spacial score (nSPS) is 10.2. The molecule has 2 aromatic rings. The fourth-order valence-corrected chi connectivity index (χ4v) is 2.12. The van der Waals surface area contributed by atoms with E-state index in [0.29, 0.717) is 35.7 Å². The number of anilines is 1. The number of hydrogen-bond donors (Lipinski definition) is 1. The molecule has 8 nitrogen and oxygen atoms in total. The summed E-state index contributed by atoms with van der Waals surface area (Å²) in [5.41, 5.74) is 0.931. The third kappa shape index (κ3) is 4.48. The Labute approximate surface area is 139 Å². The van der Waals surface area contributed by atoms with Crippen LogP contribution in [0.4, 0.5) is 5.69 Å². The van der Waals surface area contributed by atoms with E-state index in [4.69, 9.17) is 9.47 Å². The number of nitrogens with one attached hydrogen (secondary N) is 1. The lowest BCUT2D eigenvalue weighted by atomic mass is 10.2. The summed E-state index contributed by atoms with van der Waals surface area (Å²) in [6.07, 6.45) is 3.51. The largest absolute Gasteiger partial charge is 0.550 e. The summed E-state index contributed by atoms with van der Waals surface area (Å²) in [5, 5.41) is 17.2. The first-order chi connectivity index (χ1) is 11.5. The molecule has 0 bridgehead atoms. The van der Waals surface area contributed by atoms with Gasteiger partial charge in [-0.15, -0.1) is 0 Å². The Morgan fingerprint density at radius 3 is 2.67 bits per heavy atom. The zero-order chi connectivity index (χ0) is 17.5. The lowest BCUT2D eigenvalue weighted by Crippen LogP contribution is -2.22. The van der Waals surface area contributed by atoms with Gasteiger partial charge in [0.25, 0.3) is 5.91 Å². The lowest BCUT2D eigenvalue weighted by molar-refractivity contribution is -0.305. The minimum absolute atomic E-state index is 0.0345. The van der Waals surface area contributed by atoms with Crippen LogP contribution in [0.25, 0.3) is 0 Å². The number of hydrogen-bond acceptors (Lipinski definition) is 6. The van der Waals surface area contributed by atoms with E-state index in [1.54, 1.807) is 29.1 Å². The summed E-state index contributed by atoms with van der Waals surface area (Å²) < 4.78 is 11.9. The first-order valence-corrected chi connectivity index (χ1v) is 7.29. The van der Waals surface area contributed by atoms with E-state index >= 15 is 0 Å². The minimum atomic E-state index is -1.09. The van der Waals surface area contributed by atoms with Crippen molar-refractivity contribution in [1.82, 2.24) is 9.78 Å². The fourth-order valence-electron chi connectivity index (χ4n) is 2.12. The van der Waals surface area contributed by atoms with Crippen LogP contribution in [-0.2, 0) is 11.3 Å². The molecular weight excluding hydrogens is 314 g/mol. The summed E-state index contributed by atoms with van der Waals surface area (Å²) in [4.78, 5) is 22.6. The van der Waals surface area contributed by atoms with Crippen molar-refractivity contribution in [2.75, 3.05) is 19.5 Å². The van der Waals surface area contributed by atoms with Crippen LogP contribution in [0.5, 0.6) is 11.5 Å². The van der Waals surface area contributed by atoms with Gasteiger partial charge in [0.15, 0.2) is 11.5 Å². The highest BCUT2D eigenvalue weighted by atomic mass is 16.5. The van der Waals surface area contributed by atoms with Crippen molar-refractivity contribution in [2.45, 2.75) is 19.4 Å². The second-order valence-electron chi connectivity index (χ2n) is 4.99. The van der Waals surface area contributed by atoms with Crippen molar-refractivity contribution in [3.05, 3.63) is 36.2 Å². The quantitative estimate of drug-likeness (QED) is 0.762. The number of aliphatic carboxylic acids is 1. The molecule has 0 aliphatic carbocycles. The van der Waals surface area contributed by atoms with Gasteiger partial charge in [0.05, 0.1) is 26.1 Å². The SMILES string of the molecule is COc1ccc(C(=O)Nc2cnn(CCCC(=O)[O-])c2)cc1OC. The predicted molar refractivity (Wildman–Crippen MR) is 84.0 cm³/mol. The molecule has 128 valence electrons. The van der Waals surface area contributed by atoms with Crippen LogP contribution < -0.4 is 19.9 Å². The first-order valence-electron chi connectivity index (χ1n) is 7.29. The molecule has 0 aliphatic heterocycles. The van der Waals surface area contributed by atoms with E-state index in [0.717, 1.165) is 0 Å². The number of aromatic nitrogens is 2. The first kappa shape index (κ1) is 17.3. The summed E-state index contributed by atoms with van der Waals surface area (Å²) in [6, 6.07) is 4.86. The van der Waals surface area contributed by atoms with Crippen LogP contribution >= 0.6 is 0 Å². The zero-order valence-electron chi connectivity index (χ0n) is 13.4. The van der Waals surface area contributed by atoms with Crippen molar-refractivity contribution in [3.8, 4) is 11.5 Å². The van der Waals surface area contributed by atoms with Crippen LogP contribution in [0, 0.1) is 0 Å². The van der Waals surface area contributed by atoms with Gasteiger partial charge in [0, 0.05) is 24.3 Å². The maximum Gasteiger partial charge on any atom is 0.255 e. The Balaban J connectivity index is 1.99. The number of benzene rings is 1.